The zero-order valence-electron chi connectivity index (χ0n) is 44.6. The van der Waals surface area contributed by atoms with Gasteiger partial charge in [-0.2, -0.15) is 5.10 Å². The molecule has 2 radical (unpaired) electrons. The highest BCUT2D eigenvalue weighted by Crippen LogP contribution is 2.49. The van der Waals surface area contributed by atoms with Crippen LogP contribution in [0.3, 0.4) is 0 Å². The molecule has 8 rings (SSSR count). The van der Waals surface area contributed by atoms with Gasteiger partial charge < -0.3 is 37.7 Å². The number of Topliss-reactive ketones (excluding diaryl/α,β-unsaturated/α-hetero) is 1. The summed E-state index contributed by atoms with van der Waals surface area (Å²) in [6.45, 7) is 16.6. The molecule has 0 saturated carbocycles. The van der Waals surface area contributed by atoms with Crippen molar-refractivity contribution in [3.63, 3.8) is 0 Å². The topological polar surface area (TPSA) is 196 Å². The van der Waals surface area contributed by atoms with Crippen LogP contribution in [-0.4, -0.2) is 117 Å². The van der Waals surface area contributed by atoms with Crippen molar-refractivity contribution >= 4 is 71.4 Å². The van der Waals surface area contributed by atoms with E-state index in [9.17, 15) is 24.0 Å². The Morgan fingerprint density at radius 1 is 0.882 bits per heavy atom. The van der Waals surface area contributed by atoms with Crippen molar-refractivity contribution in [3.8, 4) is 23.0 Å². The van der Waals surface area contributed by atoms with Crippen LogP contribution in [-0.2, 0) is 59.7 Å². The summed E-state index contributed by atoms with van der Waals surface area (Å²) >= 11 is 2.75. The van der Waals surface area contributed by atoms with E-state index in [1.165, 1.54) is 41.8 Å². The Morgan fingerprint density at radius 3 is 2.03 bits per heavy atom. The van der Waals surface area contributed by atoms with Crippen LogP contribution in [0.1, 0.15) is 95.3 Å². The SMILES string of the molecule is [B]OC(=O)C1=C(C[N+]2(Cc3nn(CC)c4cc(OCc5ccc(OC)cc5)c(OCc5ccc(OC)cc5)cc4c3=O)CCCC2)[C@H](C)S[C@@H]2[C@H](CC(=O)/C(=N\OC(C)(C)C(=O)OC(C)(C)C)c3csc(C)n3)C(=O)N12. The van der Waals surface area contributed by atoms with Crippen molar-refractivity contribution in [2.75, 3.05) is 33.9 Å². The molecule has 2 saturated heterocycles. The Kier molecular flexibility index (Phi) is 16.7. The van der Waals surface area contributed by atoms with E-state index in [1.807, 2.05) is 62.4 Å². The molecule has 3 atom stereocenters. The monoisotopic (exact) mass is 1080 g/mol. The van der Waals surface area contributed by atoms with Gasteiger partial charge in [-0.05, 0) is 96.8 Å². The predicted molar refractivity (Wildman–Crippen MR) is 288 cm³/mol. The molecule has 2 fully saturated rings. The summed E-state index contributed by atoms with van der Waals surface area (Å²) in [5.41, 5.74) is 0.825. The summed E-state index contributed by atoms with van der Waals surface area (Å²) in [5, 5.41) is 10.9. The third-order valence-electron chi connectivity index (χ3n) is 13.6. The minimum Gasteiger partial charge on any atom is -0.539 e. The van der Waals surface area contributed by atoms with E-state index in [4.69, 9.17) is 46.3 Å². The van der Waals surface area contributed by atoms with Crippen molar-refractivity contribution in [1.82, 2.24) is 19.7 Å². The number of carbonyl (C=O) groups excluding carboxylic acids is 4. The maximum Gasteiger partial charge on any atom is 0.378 e. The molecule has 3 aliphatic rings. The van der Waals surface area contributed by atoms with Crippen molar-refractivity contribution in [1.29, 1.82) is 0 Å². The molecule has 0 spiro atoms. The lowest BCUT2D eigenvalue weighted by molar-refractivity contribution is -0.925. The minimum atomic E-state index is -1.57. The molecule has 1 amide bonds. The second kappa shape index (κ2) is 22.9. The molecule has 21 heteroatoms. The standard InChI is InChI=1S/C55H64BN6O12S2/c1-11-60-43-26-46(71-30-35-16-20-37(69-10)21-17-35)45(70-29-34-14-18-36(68-9)19-15-34)25-38(43)49(64)41(58-60)28-62(22-12-13-23-62)27-40-32(2)76-51-39(50(65)61(51)48(40)52(66)73-56)24-44(63)47(42-31-75-33(3)57-42)59-74-55(7,8)53(67)72-54(4,5)6/h14-21,25-26,31-32,39,51H,11-13,22-24,27-30H2,1-10H3/q+1/b59-47-/t32-,39+,51+/m0/s1. The molecular formula is C55H64BN6O12S2+. The Morgan fingerprint density at radius 2 is 1.49 bits per heavy atom. The summed E-state index contributed by atoms with van der Waals surface area (Å²) in [6, 6.07) is 18.6. The van der Waals surface area contributed by atoms with Crippen LogP contribution in [0.5, 0.6) is 23.0 Å². The lowest BCUT2D eigenvalue weighted by Crippen LogP contribution is -2.63. The van der Waals surface area contributed by atoms with E-state index >= 15 is 0 Å². The van der Waals surface area contributed by atoms with Gasteiger partial charge in [0.05, 0.1) is 54.5 Å². The lowest BCUT2D eigenvalue weighted by atomic mass is 9.88. The number of fused-ring (bicyclic) bond motifs is 2. The number of aryl methyl sites for hydroxylation is 2. The van der Waals surface area contributed by atoms with Gasteiger partial charge in [0.1, 0.15) is 54.8 Å². The molecule has 3 aliphatic heterocycles. The van der Waals surface area contributed by atoms with E-state index in [0.29, 0.717) is 75.1 Å². The minimum absolute atomic E-state index is 0.0292. The number of oxime groups is 1. The molecule has 2 aromatic heterocycles. The highest BCUT2D eigenvalue weighted by molar-refractivity contribution is 8.00. The quantitative estimate of drug-likeness (QED) is 0.0172. The number of β-lactam (4-membered cyclic amide) rings is 1. The molecule has 76 heavy (non-hydrogen) atoms. The number of amides is 1. The van der Waals surface area contributed by atoms with E-state index in [2.05, 4.69) is 10.1 Å². The van der Waals surface area contributed by atoms with Gasteiger partial charge in [0, 0.05) is 48.1 Å². The largest absolute Gasteiger partial charge is 0.539 e. The van der Waals surface area contributed by atoms with Crippen LogP contribution in [0.2, 0.25) is 0 Å². The number of quaternary nitrogens is 1. The van der Waals surface area contributed by atoms with Crippen LogP contribution in [0.25, 0.3) is 10.9 Å². The number of nitrogens with zero attached hydrogens (tertiary/aromatic N) is 6. The molecule has 0 unspecified atom stereocenters. The number of carbonyl (C=O) groups is 4. The van der Waals surface area contributed by atoms with Gasteiger partial charge >= 0.3 is 20.0 Å². The predicted octanol–water partition coefficient (Wildman–Crippen LogP) is 7.77. The van der Waals surface area contributed by atoms with E-state index in [-0.39, 0.29) is 54.0 Å². The molecule has 0 aliphatic carbocycles. The number of rotatable bonds is 21. The van der Waals surface area contributed by atoms with Crippen molar-refractivity contribution in [3.05, 3.63) is 115 Å². The van der Waals surface area contributed by atoms with Gasteiger partial charge in [-0.1, -0.05) is 29.4 Å². The van der Waals surface area contributed by atoms with Gasteiger partial charge in [-0.25, -0.2) is 14.6 Å². The third-order valence-corrected chi connectivity index (χ3v) is 15.9. The molecule has 5 heterocycles. The maximum absolute atomic E-state index is 14.9. The van der Waals surface area contributed by atoms with Crippen LogP contribution in [0, 0.1) is 12.8 Å². The van der Waals surface area contributed by atoms with Crippen LogP contribution in [0.4, 0.5) is 0 Å². The highest BCUT2D eigenvalue weighted by Gasteiger charge is 2.57. The lowest BCUT2D eigenvalue weighted by Gasteiger charge is -2.52. The number of ether oxygens (including phenoxy) is 5. The van der Waals surface area contributed by atoms with Crippen LogP contribution in [0.15, 0.2) is 87.3 Å². The maximum atomic E-state index is 14.9. The number of esters is 1. The second-order valence-corrected chi connectivity index (χ2v) is 23.2. The Labute approximate surface area is 451 Å². The summed E-state index contributed by atoms with van der Waals surface area (Å²) in [4.78, 5) is 81.9. The average molecular weight is 1080 g/mol. The van der Waals surface area contributed by atoms with Crippen molar-refractivity contribution < 1.29 is 56.8 Å². The van der Waals surface area contributed by atoms with Gasteiger partial charge in [0.15, 0.2) is 28.7 Å². The molecule has 5 aromatic rings. The first-order valence-corrected chi connectivity index (χ1v) is 27.0. The van der Waals surface area contributed by atoms with Crippen LogP contribution >= 0.6 is 23.1 Å². The van der Waals surface area contributed by atoms with Crippen molar-refractivity contribution in [2.45, 2.75) is 123 Å². The number of likely N-dealkylation sites (tertiary alicyclic amines) is 1. The first-order valence-electron chi connectivity index (χ1n) is 25.2. The van der Waals surface area contributed by atoms with Gasteiger partial charge in [-0.3, -0.25) is 24.0 Å². The summed E-state index contributed by atoms with van der Waals surface area (Å²) < 4.78 is 36.1. The highest BCUT2D eigenvalue weighted by atomic mass is 32.2. The number of ketones is 1. The van der Waals surface area contributed by atoms with E-state index in [1.54, 1.807) is 64.1 Å². The molecule has 0 N–H and O–H groups in total. The smallest absolute Gasteiger partial charge is 0.378 e. The second-order valence-electron chi connectivity index (χ2n) is 20.7. The fourth-order valence-electron chi connectivity index (χ4n) is 9.58. The summed E-state index contributed by atoms with van der Waals surface area (Å²) in [7, 11) is 8.83. The van der Waals surface area contributed by atoms with E-state index < -0.39 is 46.1 Å². The fraction of sp³-hybridized carbons (Fsp3) is 0.455. The van der Waals surface area contributed by atoms with Gasteiger partial charge in [-0.15, -0.1) is 23.1 Å². The number of thiazole rings is 1. The first-order chi connectivity index (χ1) is 36.2. The molecule has 3 aromatic carbocycles. The molecule has 18 nitrogen and oxygen atoms in total. The van der Waals surface area contributed by atoms with Gasteiger partial charge in [0.25, 0.3) is 0 Å². The Balaban J connectivity index is 1.08. The zero-order valence-corrected chi connectivity index (χ0v) is 46.3. The molecule has 400 valence electrons. The summed E-state index contributed by atoms with van der Waals surface area (Å²) in [5.74, 6) is -1.17. The number of methoxy groups -OCH3 is 2. The molecular weight excluding hydrogens is 1010 g/mol. The first kappa shape index (κ1) is 55.5. The number of aromatic nitrogens is 3. The third kappa shape index (κ3) is 12.1. The molecule has 0 bridgehead atoms. The zero-order chi connectivity index (χ0) is 54.7. The number of thioether (sulfide) groups is 1. The van der Waals surface area contributed by atoms with Crippen LogP contribution < -0.4 is 24.4 Å². The number of hydrogen-bond acceptors (Lipinski definition) is 17. The number of benzene rings is 3. The van der Waals surface area contributed by atoms with E-state index in [0.717, 1.165) is 29.7 Å². The normalized spacial score (nSPS) is 18.4. The fourth-order valence-corrected chi connectivity index (χ4v) is 11.7. The van der Waals surface area contributed by atoms with Gasteiger partial charge in [0.2, 0.25) is 16.9 Å². The average Bonchev–Trinajstić information content (AvgIpc) is 4.10. The Hall–Kier alpha value is -6.71. The van der Waals surface area contributed by atoms with Crippen molar-refractivity contribution in [2.24, 2.45) is 11.1 Å². The summed E-state index contributed by atoms with van der Waals surface area (Å²) in [6.07, 6.45) is 1.43. The Bertz CT molecular complexity index is 3120. The number of hydrogen-bond donors (Lipinski definition) is 0.